The molecule has 68 heavy (non-hydrogen) atoms. The van der Waals surface area contributed by atoms with E-state index >= 15 is 0 Å². The molecule has 6 heterocycles. The largest absolute Gasteiger partial charge is 0.488 e. The minimum atomic E-state index is -3.91. The third-order valence-corrected chi connectivity index (χ3v) is 14.2. The Morgan fingerprint density at radius 2 is 1.09 bits per heavy atom. The second-order valence-electron chi connectivity index (χ2n) is 14.1. The van der Waals surface area contributed by atoms with Crippen LogP contribution < -0.4 is 24.7 Å². The predicted octanol–water partition coefficient (Wildman–Crippen LogP) is 3.37. The molecule has 4 N–H and O–H groups in total. The smallest absolute Gasteiger partial charge is 0.423 e. The van der Waals surface area contributed by atoms with E-state index in [9.17, 15) is 26.4 Å². The molecule has 0 bridgehead atoms. The van der Waals surface area contributed by atoms with Crippen molar-refractivity contribution in [2.45, 2.75) is 9.79 Å². The van der Waals surface area contributed by atoms with Crippen LogP contribution in [0.3, 0.4) is 0 Å². The topological polar surface area (TPSA) is 281 Å². The fourth-order valence-corrected chi connectivity index (χ4v) is 8.89. The summed E-state index contributed by atoms with van der Waals surface area (Å²) in [6.07, 6.45) is 9.04. The van der Waals surface area contributed by atoms with Gasteiger partial charge in [-0.15, -0.1) is 0 Å². The first kappa shape index (κ1) is 49.4. The zero-order valence-electron chi connectivity index (χ0n) is 36.3. The molecular weight excluding hydrogens is 979 g/mol. The maximum absolute atomic E-state index is 13.2. The van der Waals surface area contributed by atoms with E-state index in [0.29, 0.717) is 43.2 Å². The van der Waals surface area contributed by atoms with Crippen LogP contribution in [-0.2, 0) is 20.0 Å². The SMILES string of the molecule is CN(c1ccc(C#N)cn1)S(=O)(=O)c1ccn2ncc(Br)c2c1.CNC(=O)c1ccc(-c2cnn3ccc(S(=O)(=O)N(C)c4ccc(C#N)cn4)cc23)cc1.CNC(=O)c1ccc(B(O)O)cc1. The molecule has 6 aromatic heterocycles. The number of hydrogen-bond donors (Lipinski definition) is 4. The molecule has 0 aliphatic carbocycles. The molecule has 8 rings (SSSR count). The van der Waals surface area contributed by atoms with Crippen LogP contribution in [0.15, 0.2) is 149 Å². The van der Waals surface area contributed by atoms with Crippen LogP contribution in [0.4, 0.5) is 11.6 Å². The molecule has 0 atom stereocenters. The number of aromatic nitrogens is 6. The van der Waals surface area contributed by atoms with Gasteiger partial charge >= 0.3 is 7.12 Å². The molecule has 344 valence electrons. The van der Waals surface area contributed by atoms with E-state index < -0.39 is 27.2 Å². The molecule has 20 nitrogen and oxygen atoms in total. The van der Waals surface area contributed by atoms with Crippen molar-refractivity contribution < 1.29 is 36.5 Å². The molecule has 0 unspecified atom stereocenters. The molecule has 24 heteroatoms. The number of hydrogen-bond acceptors (Lipinski definition) is 14. The molecule has 0 saturated heterocycles. The van der Waals surface area contributed by atoms with Crippen molar-refractivity contribution in [3.8, 4) is 23.3 Å². The van der Waals surface area contributed by atoms with Crippen molar-refractivity contribution >= 4 is 83.0 Å². The summed E-state index contributed by atoms with van der Waals surface area (Å²) in [4.78, 5) is 31.1. The number of benzene rings is 2. The van der Waals surface area contributed by atoms with E-state index in [4.69, 9.17) is 20.6 Å². The Labute approximate surface area is 398 Å². The number of nitriles is 2. The van der Waals surface area contributed by atoms with Gasteiger partial charge in [-0.25, -0.2) is 35.8 Å². The highest BCUT2D eigenvalue weighted by Crippen LogP contribution is 2.29. The Balaban J connectivity index is 0.000000184. The number of anilines is 2. The molecule has 2 amide bonds. The first-order valence-corrected chi connectivity index (χ1v) is 23.4. The van der Waals surface area contributed by atoms with Crippen molar-refractivity contribution in [1.29, 1.82) is 10.5 Å². The maximum atomic E-state index is 13.2. The highest BCUT2D eigenvalue weighted by atomic mass is 79.9. The van der Waals surface area contributed by atoms with E-state index in [1.807, 2.05) is 12.1 Å². The first-order chi connectivity index (χ1) is 32.4. The van der Waals surface area contributed by atoms with Crippen molar-refractivity contribution in [1.82, 2.24) is 39.8 Å². The number of pyridine rings is 4. The van der Waals surface area contributed by atoms with E-state index in [0.717, 1.165) is 19.7 Å². The van der Waals surface area contributed by atoms with Gasteiger partial charge in [-0.3, -0.25) is 18.2 Å². The van der Waals surface area contributed by atoms with Gasteiger partial charge in [-0.1, -0.05) is 24.3 Å². The Hall–Kier alpha value is -8.00. The molecule has 0 radical (unpaired) electrons. The molecule has 8 aromatic rings. The summed E-state index contributed by atoms with van der Waals surface area (Å²) in [5.74, 6) is 0.0436. The van der Waals surface area contributed by atoms with Gasteiger partial charge in [0, 0.05) is 69.7 Å². The van der Waals surface area contributed by atoms with E-state index in [2.05, 4.69) is 46.7 Å². The molecule has 0 spiro atoms. The molecule has 0 saturated carbocycles. The summed E-state index contributed by atoms with van der Waals surface area (Å²) in [5.41, 5.74) is 4.85. The number of rotatable bonds is 10. The number of nitrogens with zero attached hydrogens (tertiary/aromatic N) is 10. The van der Waals surface area contributed by atoms with Crippen molar-refractivity contribution in [3.05, 3.63) is 161 Å². The number of sulfonamides is 2. The average Bonchev–Trinajstić information content (AvgIpc) is 3.98. The minimum absolute atomic E-state index is 0.0717. The number of nitrogens with one attached hydrogen (secondary N) is 2. The third-order valence-electron chi connectivity index (χ3n) is 10.0. The van der Waals surface area contributed by atoms with E-state index in [-0.39, 0.29) is 33.2 Å². The Bertz CT molecular complexity index is 3430. The Kier molecular flexibility index (Phi) is 15.3. The summed E-state index contributed by atoms with van der Waals surface area (Å²) < 4.78 is 57.9. The van der Waals surface area contributed by atoms with Gasteiger partial charge in [0.25, 0.3) is 31.9 Å². The van der Waals surface area contributed by atoms with Crippen molar-refractivity contribution in [3.63, 3.8) is 0 Å². The number of carbonyl (C=O) groups excluding carboxylic acids is 2. The summed E-state index contributed by atoms with van der Waals surface area (Å²) >= 11 is 3.33. The van der Waals surface area contributed by atoms with E-state index in [1.165, 1.54) is 100 Å². The predicted molar refractivity (Wildman–Crippen MR) is 256 cm³/mol. The fourth-order valence-electron chi connectivity index (χ4n) is 6.17. The fraction of sp³-hybridized carbons (Fsp3) is 0.0909. The number of fused-ring (bicyclic) bond motifs is 2. The second kappa shape index (κ2) is 21.1. The summed E-state index contributed by atoms with van der Waals surface area (Å²) in [5, 5.41) is 48.6. The Morgan fingerprint density at radius 3 is 1.51 bits per heavy atom. The molecule has 0 fully saturated rings. The maximum Gasteiger partial charge on any atom is 0.488 e. The van der Waals surface area contributed by atoms with Gasteiger partial charge in [-0.2, -0.15) is 20.7 Å². The monoisotopic (exact) mass is 1020 g/mol. The van der Waals surface area contributed by atoms with Crippen LogP contribution in [0.1, 0.15) is 31.8 Å². The number of amides is 2. The van der Waals surface area contributed by atoms with Crippen LogP contribution in [0.5, 0.6) is 0 Å². The molecular formula is C44H38BBrN12O8S2. The van der Waals surface area contributed by atoms with Gasteiger partial charge in [-0.05, 0) is 99.8 Å². The molecule has 2 aromatic carbocycles. The van der Waals surface area contributed by atoms with Crippen LogP contribution in [0.25, 0.3) is 22.2 Å². The van der Waals surface area contributed by atoms with Crippen molar-refractivity contribution in [2.75, 3.05) is 36.8 Å². The highest BCUT2D eigenvalue weighted by molar-refractivity contribution is 9.10. The molecule has 0 aliphatic heterocycles. The summed E-state index contributed by atoms with van der Waals surface area (Å²) in [6, 6.07) is 28.9. The normalized spacial score (nSPS) is 10.9. The lowest BCUT2D eigenvalue weighted by molar-refractivity contribution is 0.0955. The summed E-state index contributed by atoms with van der Waals surface area (Å²) in [6.45, 7) is 0. The first-order valence-electron chi connectivity index (χ1n) is 19.7. The van der Waals surface area contributed by atoms with Crippen molar-refractivity contribution in [2.24, 2.45) is 0 Å². The molecule has 0 aliphatic rings. The number of carbonyl (C=O) groups is 2. The lowest BCUT2D eigenvalue weighted by atomic mass is 9.80. The number of halogens is 1. The quantitative estimate of drug-likeness (QED) is 0.143. The van der Waals surface area contributed by atoms with E-state index in [1.54, 1.807) is 71.2 Å². The highest BCUT2D eigenvalue weighted by Gasteiger charge is 2.25. The zero-order valence-corrected chi connectivity index (χ0v) is 39.5. The van der Waals surface area contributed by atoms with Gasteiger partial charge in [0.15, 0.2) is 0 Å². The summed E-state index contributed by atoms with van der Waals surface area (Å²) in [7, 11) is -3.24. The lowest BCUT2D eigenvalue weighted by Gasteiger charge is -2.18. The van der Waals surface area contributed by atoms with Crippen LogP contribution in [-0.4, -0.2) is 103 Å². The van der Waals surface area contributed by atoms with Crippen LogP contribution in [0.2, 0.25) is 0 Å². The standard InChI is InChI=1S/C22H18N6O3S.C14H10BrN5O2S.C8H10BNO3/c1-24-22(29)17-6-4-16(5-7-17)19-14-26-28-10-9-18(11-20(19)28)32(30,31)27(2)21-8-3-15(12-23)13-25-21;1-19(14-3-2-10(7-16)8-17-14)23(21,22)11-4-5-20-13(6-11)12(15)9-18-20;1-10-8(11)6-2-4-7(5-3-6)9(12)13/h3-11,13-14H,1-2H3,(H,24,29);2-6,8-9H,1H3;2-5,12-13H,1H3,(H,10,11). The average molecular weight is 1020 g/mol. The minimum Gasteiger partial charge on any atom is -0.423 e. The Morgan fingerprint density at radius 1 is 0.647 bits per heavy atom. The van der Waals surface area contributed by atoms with Gasteiger partial charge < -0.3 is 20.7 Å². The zero-order chi connectivity index (χ0) is 49.3. The second-order valence-corrected chi connectivity index (χ2v) is 18.9. The van der Waals surface area contributed by atoms with Crippen LogP contribution in [0, 0.1) is 22.7 Å². The van der Waals surface area contributed by atoms with Gasteiger partial charge in [0.1, 0.15) is 23.8 Å². The van der Waals surface area contributed by atoms with Crippen LogP contribution >= 0.6 is 15.9 Å². The van der Waals surface area contributed by atoms with Gasteiger partial charge in [0.2, 0.25) is 0 Å². The lowest BCUT2D eigenvalue weighted by Crippen LogP contribution is -2.30. The third kappa shape index (κ3) is 10.8. The van der Waals surface area contributed by atoms with Gasteiger partial charge in [0.05, 0.1) is 48.8 Å².